The van der Waals surface area contributed by atoms with E-state index >= 15 is 0 Å². The first-order valence-corrected chi connectivity index (χ1v) is 30.5. The summed E-state index contributed by atoms with van der Waals surface area (Å²) in [6, 6.07) is -0.911. The molecule has 72 heavy (non-hydrogen) atoms. The second kappa shape index (κ2) is 51.4. The van der Waals surface area contributed by atoms with Crippen molar-refractivity contribution in [2.45, 2.75) is 245 Å². The second-order valence-electron chi connectivity index (χ2n) is 20.4. The summed E-state index contributed by atoms with van der Waals surface area (Å²) in [7, 11) is 1.15. The molecule has 3 unspecified atom stereocenters. The maximum atomic E-state index is 13.5. The van der Waals surface area contributed by atoms with Gasteiger partial charge in [0.2, 0.25) is 5.91 Å². The molecule has 1 amide bonds. The van der Waals surface area contributed by atoms with Crippen LogP contribution in [0.25, 0.3) is 0 Å². The molecule has 1 N–H and O–H groups in total. The molecule has 0 aromatic rings. The van der Waals surface area contributed by atoms with Crippen LogP contribution in [0.3, 0.4) is 0 Å². The number of quaternary nitrogens is 1. The third-order valence-electron chi connectivity index (χ3n) is 12.3. The van der Waals surface area contributed by atoms with E-state index in [2.05, 4.69) is 111 Å². The Morgan fingerprint density at radius 1 is 0.500 bits per heavy atom. The lowest BCUT2D eigenvalue weighted by Gasteiger charge is -2.30. The predicted molar refractivity (Wildman–Crippen MR) is 307 cm³/mol. The van der Waals surface area contributed by atoms with Gasteiger partial charge in [-0.25, -0.2) is 0 Å². The van der Waals surface area contributed by atoms with Crippen LogP contribution in [-0.4, -0.2) is 69.4 Å². The third kappa shape index (κ3) is 51.8. The van der Waals surface area contributed by atoms with Crippen molar-refractivity contribution < 1.29 is 37.3 Å². The van der Waals surface area contributed by atoms with E-state index < -0.39 is 26.6 Å². The lowest BCUT2D eigenvalue weighted by molar-refractivity contribution is -0.870. The number of nitrogens with zero attached hydrogens (tertiary/aromatic N) is 1. The number of hydrogen-bond acceptors (Lipinski definition) is 7. The van der Waals surface area contributed by atoms with E-state index in [1.54, 1.807) is 0 Å². The van der Waals surface area contributed by atoms with Crippen LogP contribution >= 0.6 is 7.82 Å². The van der Waals surface area contributed by atoms with E-state index in [4.69, 9.17) is 13.8 Å². The maximum absolute atomic E-state index is 13.5. The van der Waals surface area contributed by atoms with Crippen molar-refractivity contribution in [2.75, 3.05) is 40.9 Å². The highest BCUT2D eigenvalue weighted by Gasteiger charge is 2.27. The standard InChI is InChI=1S/C62H109N2O7P/c1-7-10-13-16-19-22-25-28-30-31-32-33-34-37-40-43-46-49-52-55-62(66)71-60(53-50-47-44-41-38-35-27-24-21-18-15-12-9-3)59(58-70-72(67,68)69-57-56-64(4,5)6)63-61(65)54-51-48-45-42-39-36-29-26-23-20-17-14-11-8-2/h10-11,13-14,19-20,22-23,28,30,32-33,37,40,50,53,59-60H,7-9,12,15-18,21,24-27,29,31,34-36,38-39,41-49,51-52,54-58H2,1-6H3,(H-,63,65,67,68)/b13-10-,14-11+,22-19-,23-20+,30-28-,33-32-,40-37-,53-50+. The van der Waals surface area contributed by atoms with Crippen molar-refractivity contribution in [1.29, 1.82) is 0 Å². The number of carbonyl (C=O) groups is 2. The number of phosphoric ester groups is 1. The van der Waals surface area contributed by atoms with Crippen LogP contribution in [0.15, 0.2) is 97.2 Å². The van der Waals surface area contributed by atoms with Crippen LogP contribution in [-0.2, 0) is 27.9 Å². The molecule has 0 aliphatic rings. The summed E-state index contributed by atoms with van der Waals surface area (Å²) >= 11 is 0. The average Bonchev–Trinajstić information content (AvgIpc) is 3.34. The molecule has 0 bridgehead atoms. The van der Waals surface area contributed by atoms with Gasteiger partial charge in [0, 0.05) is 12.8 Å². The maximum Gasteiger partial charge on any atom is 0.306 e. The van der Waals surface area contributed by atoms with E-state index in [9.17, 15) is 19.0 Å². The van der Waals surface area contributed by atoms with Gasteiger partial charge in [-0.15, -0.1) is 0 Å². The Morgan fingerprint density at radius 2 is 0.889 bits per heavy atom. The van der Waals surface area contributed by atoms with Crippen molar-refractivity contribution >= 4 is 19.7 Å². The molecule has 10 heteroatoms. The van der Waals surface area contributed by atoms with E-state index in [1.807, 2.05) is 33.3 Å². The van der Waals surface area contributed by atoms with Gasteiger partial charge in [0.25, 0.3) is 7.82 Å². The molecule has 3 atom stereocenters. The number of likely N-dealkylation sites (N-methyl/N-ethyl adjacent to an activating group) is 1. The summed E-state index contributed by atoms with van der Waals surface area (Å²) in [4.78, 5) is 39.9. The van der Waals surface area contributed by atoms with Gasteiger partial charge in [-0.1, -0.05) is 215 Å². The topological polar surface area (TPSA) is 114 Å². The Balaban J connectivity index is 5.43. The minimum Gasteiger partial charge on any atom is -0.756 e. The fraction of sp³-hybridized carbons (Fsp3) is 0.710. The first-order chi connectivity index (χ1) is 34.9. The highest BCUT2D eigenvalue weighted by Crippen LogP contribution is 2.38. The molecule has 9 nitrogen and oxygen atoms in total. The zero-order valence-electron chi connectivity index (χ0n) is 47.1. The van der Waals surface area contributed by atoms with Crippen LogP contribution in [0.4, 0.5) is 0 Å². The fourth-order valence-electron chi connectivity index (χ4n) is 7.82. The van der Waals surface area contributed by atoms with Gasteiger partial charge in [0.05, 0.1) is 33.8 Å². The van der Waals surface area contributed by atoms with E-state index in [0.717, 1.165) is 116 Å². The normalized spacial score (nSPS) is 14.5. The van der Waals surface area contributed by atoms with Gasteiger partial charge in [-0.3, -0.25) is 14.2 Å². The highest BCUT2D eigenvalue weighted by atomic mass is 31.2. The molecule has 0 aromatic heterocycles. The van der Waals surface area contributed by atoms with Crippen LogP contribution in [0.1, 0.15) is 233 Å². The Morgan fingerprint density at radius 3 is 1.35 bits per heavy atom. The highest BCUT2D eigenvalue weighted by molar-refractivity contribution is 7.45. The Hall–Kier alpha value is -3.07. The molecule has 0 aliphatic carbocycles. The number of unbranched alkanes of at least 4 members (excludes halogenated alkanes) is 21. The number of hydrogen-bond donors (Lipinski definition) is 1. The zero-order chi connectivity index (χ0) is 52.9. The van der Waals surface area contributed by atoms with Crippen molar-refractivity contribution in [3.63, 3.8) is 0 Å². The van der Waals surface area contributed by atoms with Gasteiger partial charge in [0.1, 0.15) is 19.3 Å². The van der Waals surface area contributed by atoms with Crippen LogP contribution in [0.5, 0.6) is 0 Å². The van der Waals surface area contributed by atoms with Gasteiger partial charge in [0.15, 0.2) is 0 Å². The van der Waals surface area contributed by atoms with Crippen molar-refractivity contribution in [3.8, 4) is 0 Å². The van der Waals surface area contributed by atoms with Crippen molar-refractivity contribution in [2.24, 2.45) is 0 Å². The summed E-state index contributed by atoms with van der Waals surface area (Å²) < 4.78 is 30.2. The summed E-state index contributed by atoms with van der Waals surface area (Å²) in [6.07, 6.45) is 68.0. The van der Waals surface area contributed by atoms with Gasteiger partial charge >= 0.3 is 5.97 Å². The molecule has 0 rings (SSSR count). The summed E-state index contributed by atoms with van der Waals surface area (Å²) in [6.45, 7) is 6.58. The van der Waals surface area contributed by atoms with Gasteiger partial charge < -0.3 is 28.5 Å². The number of nitrogens with one attached hydrogen (secondary N) is 1. The SMILES string of the molecule is CC/C=C\C/C=C\C/C=C\C/C=C\C/C=C\CCCCCC(=O)OC(/C=C/CCCCCCCCCCCCC)C(COP(=O)([O-])OCC[N+](C)(C)C)NC(=O)CCCCCCCCC/C=C/C/C=C/CC. The molecule has 414 valence electrons. The molecule has 0 spiro atoms. The number of rotatable bonds is 51. The van der Waals surface area contributed by atoms with Crippen molar-refractivity contribution in [1.82, 2.24) is 5.32 Å². The molecule has 0 heterocycles. The number of phosphoric acid groups is 1. The molecule has 0 aromatic carbocycles. The number of ether oxygens (including phenoxy) is 1. The lowest BCUT2D eigenvalue weighted by atomic mass is 10.0. The lowest BCUT2D eigenvalue weighted by Crippen LogP contribution is -2.47. The van der Waals surface area contributed by atoms with Crippen LogP contribution < -0.4 is 10.2 Å². The van der Waals surface area contributed by atoms with Crippen LogP contribution in [0, 0.1) is 0 Å². The summed E-state index contributed by atoms with van der Waals surface area (Å²) in [5.41, 5.74) is 0. The quantitative estimate of drug-likeness (QED) is 0.0212. The van der Waals surface area contributed by atoms with E-state index in [0.29, 0.717) is 23.9 Å². The average molecular weight is 1030 g/mol. The first kappa shape index (κ1) is 68.9. The van der Waals surface area contributed by atoms with Gasteiger partial charge in [-0.05, 0) is 102 Å². The first-order valence-electron chi connectivity index (χ1n) is 29.0. The Bertz CT molecular complexity index is 1560. The second-order valence-corrected chi connectivity index (χ2v) is 21.8. The summed E-state index contributed by atoms with van der Waals surface area (Å²) in [5, 5.41) is 3.01. The smallest absolute Gasteiger partial charge is 0.306 e. The predicted octanol–water partition coefficient (Wildman–Crippen LogP) is 17.0. The fourth-order valence-corrected chi connectivity index (χ4v) is 8.54. The molecule has 0 radical (unpaired) electrons. The number of esters is 1. The monoisotopic (exact) mass is 1020 g/mol. The third-order valence-corrected chi connectivity index (χ3v) is 13.2. The number of amides is 1. The molecule has 0 saturated carbocycles. The molecular weight excluding hydrogens is 916 g/mol. The Kier molecular flexibility index (Phi) is 49.2. The minimum atomic E-state index is -4.71. The van der Waals surface area contributed by atoms with Gasteiger partial charge in [-0.2, -0.15) is 0 Å². The van der Waals surface area contributed by atoms with E-state index in [-0.39, 0.29) is 24.9 Å². The molecule has 0 saturated heterocycles. The molecule has 0 aliphatic heterocycles. The minimum absolute atomic E-state index is 0.0341. The number of carbonyl (C=O) groups excluding carboxylic acids is 2. The van der Waals surface area contributed by atoms with E-state index in [1.165, 1.54) is 77.0 Å². The number of allylic oxidation sites excluding steroid dienone is 15. The largest absolute Gasteiger partial charge is 0.756 e. The Labute approximate surface area is 443 Å². The van der Waals surface area contributed by atoms with Crippen LogP contribution in [0.2, 0.25) is 0 Å². The molecular formula is C62H109N2O7P. The van der Waals surface area contributed by atoms with Crippen molar-refractivity contribution in [3.05, 3.63) is 97.2 Å². The summed E-state index contributed by atoms with van der Waals surface area (Å²) in [5.74, 6) is -0.594. The zero-order valence-corrected chi connectivity index (χ0v) is 48.0. The molecule has 0 fully saturated rings.